The van der Waals surface area contributed by atoms with E-state index in [2.05, 4.69) is 42.1 Å². The first kappa shape index (κ1) is 16.2. The highest BCUT2D eigenvalue weighted by Crippen LogP contribution is 2.22. The number of nitrogens with one attached hydrogen (secondary N) is 1. The highest BCUT2D eigenvalue weighted by atomic mass is 32.1. The Kier molecular flexibility index (Phi) is 4.76. The van der Waals surface area contributed by atoms with Crippen LogP contribution in [-0.2, 0) is 33.0 Å². The summed E-state index contributed by atoms with van der Waals surface area (Å²) in [5.41, 5.74) is 5.00. The normalized spacial score (nSPS) is 14.9. The van der Waals surface area contributed by atoms with Gasteiger partial charge in [-0.25, -0.2) is 9.97 Å². The monoisotopic (exact) mass is 354 g/mol. The number of hydrogen-bond acceptors (Lipinski definition) is 6. The molecule has 0 amide bonds. The molecule has 0 atom stereocenters. The lowest BCUT2D eigenvalue weighted by Crippen LogP contribution is -2.25. The summed E-state index contributed by atoms with van der Waals surface area (Å²) in [4.78, 5) is 11.5. The molecule has 0 aliphatic carbocycles. The van der Waals surface area contributed by atoms with Crippen molar-refractivity contribution >= 4 is 17.2 Å². The molecule has 1 aliphatic heterocycles. The molecule has 6 nitrogen and oxygen atoms in total. The number of rotatable bonds is 5. The van der Waals surface area contributed by atoms with E-state index in [1.807, 2.05) is 24.1 Å². The van der Waals surface area contributed by atoms with Crippen LogP contribution in [-0.4, -0.2) is 37.7 Å². The van der Waals surface area contributed by atoms with Crippen LogP contribution in [0, 0.1) is 0 Å². The quantitative estimate of drug-likeness (QED) is 0.763. The minimum Gasteiger partial charge on any atom is -0.366 e. The van der Waals surface area contributed by atoms with Crippen molar-refractivity contribution in [3.8, 4) is 0 Å². The largest absolute Gasteiger partial charge is 0.366 e. The van der Waals surface area contributed by atoms with Crippen molar-refractivity contribution in [2.24, 2.45) is 7.05 Å². The van der Waals surface area contributed by atoms with Crippen LogP contribution in [0.4, 0.5) is 5.82 Å². The Hall–Kier alpha value is -2.25. The lowest BCUT2D eigenvalue weighted by Gasteiger charge is -2.18. The maximum absolute atomic E-state index is 4.54. The molecule has 0 spiro atoms. The van der Waals surface area contributed by atoms with Crippen molar-refractivity contribution in [3.05, 3.63) is 57.9 Å². The van der Waals surface area contributed by atoms with Gasteiger partial charge in [-0.1, -0.05) is 0 Å². The van der Waals surface area contributed by atoms with Crippen LogP contribution in [0.1, 0.15) is 22.4 Å². The van der Waals surface area contributed by atoms with Crippen molar-refractivity contribution < 1.29 is 0 Å². The summed E-state index contributed by atoms with van der Waals surface area (Å²) in [7, 11) is 1.93. The molecule has 7 heteroatoms. The highest BCUT2D eigenvalue weighted by molar-refractivity contribution is 7.07. The molecule has 4 heterocycles. The Morgan fingerprint density at radius 3 is 2.92 bits per heavy atom. The molecule has 3 aromatic rings. The van der Waals surface area contributed by atoms with E-state index in [0.29, 0.717) is 0 Å². The fourth-order valence-corrected chi connectivity index (χ4v) is 3.93. The second-order valence-electron chi connectivity index (χ2n) is 6.43. The number of anilines is 1. The van der Waals surface area contributed by atoms with E-state index >= 15 is 0 Å². The van der Waals surface area contributed by atoms with Crippen molar-refractivity contribution in [2.45, 2.75) is 25.9 Å². The Bertz CT molecular complexity index is 826. The number of aromatic nitrogens is 4. The van der Waals surface area contributed by atoms with Crippen LogP contribution >= 0.6 is 11.3 Å². The fraction of sp³-hybridized carbons (Fsp3) is 0.389. The summed E-state index contributed by atoms with van der Waals surface area (Å²) in [6.07, 6.45) is 7.54. The number of nitrogens with zero attached hydrogens (tertiary/aromatic N) is 5. The molecule has 1 aliphatic rings. The van der Waals surface area contributed by atoms with Gasteiger partial charge < -0.3 is 5.32 Å². The summed E-state index contributed by atoms with van der Waals surface area (Å²) in [6.45, 7) is 3.83. The third kappa shape index (κ3) is 3.88. The SMILES string of the molecule is Cn1cc(CNc2ncnc3c2CCN(Cc2ccsc2)CC3)cn1. The van der Waals surface area contributed by atoms with Gasteiger partial charge in [-0.05, 0) is 28.8 Å². The maximum Gasteiger partial charge on any atom is 0.133 e. The molecular weight excluding hydrogens is 332 g/mol. The summed E-state index contributed by atoms with van der Waals surface area (Å²) < 4.78 is 1.82. The lowest BCUT2D eigenvalue weighted by atomic mass is 10.1. The predicted octanol–water partition coefficient (Wildman–Crippen LogP) is 2.48. The van der Waals surface area contributed by atoms with E-state index in [1.165, 1.54) is 16.8 Å². The van der Waals surface area contributed by atoms with Gasteiger partial charge in [0.25, 0.3) is 0 Å². The average Bonchev–Trinajstić information content (AvgIpc) is 3.22. The minimum absolute atomic E-state index is 0.732. The molecule has 4 rings (SSSR count). The van der Waals surface area contributed by atoms with E-state index < -0.39 is 0 Å². The number of fused-ring (bicyclic) bond motifs is 1. The minimum atomic E-state index is 0.732. The summed E-state index contributed by atoms with van der Waals surface area (Å²) in [5, 5.41) is 12.1. The first-order valence-corrected chi connectivity index (χ1v) is 9.50. The molecular formula is C18H22N6S. The van der Waals surface area contributed by atoms with Gasteiger partial charge in [-0.3, -0.25) is 9.58 Å². The zero-order valence-electron chi connectivity index (χ0n) is 14.4. The van der Waals surface area contributed by atoms with E-state index in [-0.39, 0.29) is 0 Å². The Morgan fingerprint density at radius 1 is 1.20 bits per heavy atom. The topological polar surface area (TPSA) is 58.9 Å². The maximum atomic E-state index is 4.54. The molecule has 0 bridgehead atoms. The van der Waals surface area contributed by atoms with Crippen molar-refractivity contribution in [1.82, 2.24) is 24.6 Å². The summed E-state index contributed by atoms with van der Waals surface area (Å²) >= 11 is 1.76. The van der Waals surface area contributed by atoms with Crippen LogP contribution in [0.5, 0.6) is 0 Å². The van der Waals surface area contributed by atoms with Gasteiger partial charge >= 0.3 is 0 Å². The van der Waals surface area contributed by atoms with E-state index in [9.17, 15) is 0 Å². The van der Waals surface area contributed by atoms with Crippen LogP contribution in [0.3, 0.4) is 0 Å². The van der Waals surface area contributed by atoms with Gasteiger partial charge in [0.05, 0.1) is 11.9 Å². The second-order valence-corrected chi connectivity index (χ2v) is 7.21. The number of aryl methyl sites for hydroxylation is 1. The van der Waals surface area contributed by atoms with E-state index in [1.54, 1.807) is 17.7 Å². The third-order valence-electron chi connectivity index (χ3n) is 4.58. The van der Waals surface area contributed by atoms with Gasteiger partial charge in [0.1, 0.15) is 12.1 Å². The molecule has 0 fully saturated rings. The van der Waals surface area contributed by atoms with Crippen LogP contribution in [0.15, 0.2) is 35.5 Å². The molecule has 0 aromatic carbocycles. The molecule has 0 saturated heterocycles. The zero-order chi connectivity index (χ0) is 17.1. The van der Waals surface area contributed by atoms with E-state index in [4.69, 9.17) is 0 Å². The number of thiophene rings is 1. The van der Waals surface area contributed by atoms with Gasteiger partial charge in [0.15, 0.2) is 0 Å². The molecule has 3 aromatic heterocycles. The Labute approximate surface area is 151 Å². The Balaban J connectivity index is 1.44. The zero-order valence-corrected chi connectivity index (χ0v) is 15.2. The highest BCUT2D eigenvalue weighted by Gasteiger charge is 2.18. The van der Waals surface area contributed by atoms with Gasteiger partial charge in [0.2, 0.25) is 0 Å². The van der Waals surface area contributed by atoms with Crippen LogP contribution < -0.4 is 5.32 Å². The standard InChI is InChI=1S/C18H22N6S/c1-23-10-15(9-22-23)8-19-18-16-2-5-24(11-14-4-7-25-12-14)6-3-17(16)20-13-21-18/h4,7,9-10,12-13H,2-3,5-6,8,11H2,1H3,(H,19,20,21). The van der Waals surface area contributed by atoms with Crippen LogP contribution in [0.25, 0.3) is 0 Å². The second kappa shape index (κ2) is 7.33. The Morgan fingerprint density at radius 2 is 2.12 bits per heavy atom. The van der Waals surface area contributed by atoms with Gasteiger partial charge in [-0.15, -0.1) is 0 Å². The van der Waals surface area contributed by atoms with Crippen molar-refractivity contribution in [1.29, 1.82) is 0 Å². The van der Waals surface area contributed by atoms with Crippen molar-refractivity contribution in [3.63, 3.8) is 0 Å². The van der Waals surface area contributed by atoms with Gasteiger partial charge in [0, 0.05) is 57.0 Å². The molecule has 25 heavy (non-hydrogen) atoms. The lowest BCUT2D eigenvalue weighted by molar-refractivity contribution is 0.279. The predicted molar refractivity (Wildman–Crippen MR) is 99.6 cm³/mol. The molecule has 0 unspecified atom stereocenters. The molecule has 1 N–H and O–H groups in total. The molecule has 130 valence electrons. The smallest absolute Gasteiger partial charge is 0.133 e. The first-order valence-electron chi connectivity index (χ1n) is 8.55. The van der Waals surface area contributed by atoms with E-state index in [0.717, 1.165) is 50.4 Å². The third-order valence-corrected chi connectivity index (χ3v) is 5.31. The first-order chi connectivity index (χ1) is 12.3. The summed E-state index contributed by atoms with van der Waals surface area (Å²) in [6, 6.07) is 2.21. The average molecular weight is 354 g/mol. The molecule has 0 saturated carbocycles. The fourth-order valence-electron chi connectivity index (χ4n) is 3.27. The van der Waals surface area contributed by atoms with Crippen LogP contribution in [0.2, 0.25) is 0 Å². The van der Waals surface area contributed by atoms with Gasteiger partial charge in [-0.2, -0.15) is 16.4 Å². The number of hydrogen-bond donors (Lipinski definition) is 1. The van der Waals surface area contributed by atoms with Crippen molar-refractivity contribution in [2.75, 3.05) is 18.4 Å². The summed E-state index contributed by atoms with van der Waals surface area (Å²) in [5.74, 6) is 0.964. The molecule has 0 radical (unpaired) electrons.